The first-order valence-corrected chi connectivity index (χ1v) is 9.05. The van der Waals surface area contributed by atoms with E-state index in [0.717, 1.165) is 17.0 Å². The fourth-order valence-corrected chi connectivity index (χ4v) is 3.59. The summed E-state index contributed by atoms with van der Waals surface area (Å²) in [5.74, 6) is 0.741. The van der Waals surface area contributed by atoms with Crippen molar-refractivity contribution in [3.8, 4) is 11.3 Å². The maximum atomic E-state index is 12.7. The van der Waals surface area contributed by atoms with Crippen LogP contribution in [-0.2, 0) is 12.7 Å². The van der Waals surface area contributed by atoms with Crippen LogP contribution in [-0.4, -0.2) is 51.4 Å². The second-order valence-corrected chi connectivity index (χ2v) is 7.02. The average molecular weight is 396 g/mol. The number of piperazine rings is 1. The Kier molecular flexibility index (Phi) is 4.79. The zero-order chi connectivity index (χ0) is 18.9. The van der Waals surface area contributed by atoms with Gasteiger partial charge in [-0.3, -0.25) is 9.88 Å². The second kappa shape index (κ2) is 7.24. The summed E-state index contributed by atoms with van der Waals surface area (Å²) < 4.78 is 43.4. The van der Waals surface area contributed by atoms with E-state index in [9.17, 15) is 13.2 Å². The van der Waals surface area contributed by atoms with Crippen LogP contribution in [0.15, 0.2) is 35.1 Å². The number of hydrogen-bond acceptors (Lipinski definition) is 8. The first-order chi connectivity index (χ1) is 13.0. The molecule has 1 saturated heterocycles. The van der Waals surface area contributed by atoms with Crippen LogP contribution in [0.5, 0.6) is 0 Å². The van der Waals surface area contributed by atoms with Crippen LogP contribution >= 0.6 is 11.3 Å². The second-order valence-electron chi connectivity index (χ2n) is 6.07. The van der Waals surface area contributed by atoms with E-state index in [0.29, 0.717) is 49.2 Å². The largest absolute Gasteiger partial charge is 0.445 e. The SMILES string of the molecule is FC(F)(F)c1nnc(N2CCN(Cc3cc(-c4ccncc4)no3)CC2)s1. The van der Waals surface area contributed by atoms with Crippen molar-refractivity contribution in [1.29, 1.82) is 0 Å². The van der Waals surface area contributed by atoms with Gasteiger partial charge in [-0.15, -0.1) is 10.2 Å². The van der Waals surface area contributed by atoms with Gasteiger partial charge in [0.2, 0.25) is 10.1 Å². The Labute approximate surface area is 156 Å². The van der Waals surface area contributed by atoms with Gasteiger partial charge in [-0.2, -0.15) is 13.2 Å². The Balaban J connectivity index is 1.34. The van der Waals surface area contributed by atoms with E-state index >= 15 is 0 Å². The molecule has 11 heteroatoms. The zero-order valence-corrected chi connectivity index (χ0v) is 14.9. The van der Waals surface area contributed by atoms with Gasteiger partial charge in [0.1, 0.15) is 5.69 Å². The lowest BCUT2D eigenvalue weighted by Crippen LogP contribution is -2.45. The lowest BCUT2D eigenvalue weighted by atomic mass is 10.2. The summed E-state index contributed by atoms with van der Waals surface area (Å²) in [6.45, 7) is 3.13. The predicted molar refractivity (Wildman–Crippen MR) is 92.1 cm³/mol. The number of pyridine rings is 1. The van der Waals surface area contributed by atoms with Gasteiger partial charge >= 0.3 is 6.18 Å². The zero-order valence-electron chi connectivity index (χ0n) is 14.1. The molecule has 3 aromatic heterocycles. The molecule has 0 aliphatic carbocycles. The molecular weight excluding hydrogens is 381 g/mol. The molecule has 0 amide bonds. The fraction of sp³-hybridized carbons (Fsp3) is 0.375. The molecule has 4 heterocycles. The van der Waals surface area contributed by atoms with Gasteiger partial charge in [-0.25, -0.2) is 0 Å². The number of halogens is 3. The van der Waals surface area contributed by atoms with Gasteiger partial charge in [0, 0.05) is 50.2 Å². The summed E-state index contributed by atoms with van der Waals surface area (Å²) in [5.41, 5.74) is 1.68. The first kappa shape index (κ1) is 17.9. The van der Waals surface area contributed by atoms with Crippen molar-refractivity contribution in [2.75, 3.05) is 31.1 Å². The highest BCUT2D eigenvalue weighted by atomic mass is 32.1. The highest BCUT2D eigenvalue weighted by molar-refractivity contribution is 7.15. The topological polar surface area (TPSA) is 71.2 Å². The maximum absolute atomic E-state index is 12.7. The van der Waals surface area contributed by atoms with E-state index in [4.69, 9.17) is 4.52 Å². The van der Waals surface area contributed by atoms with Gasteiger partial charge in [-0.1, -0.05) is 16.5 Å². The minimum atomic E-state index is -4.45. The van der Waals surface area contributed by atoms with E-state index in [1.165, 1.54) is 0 Å². The minimum absolute atomic E-state index is 0.307. The smallest absolute Gasteiger partial charge is 0.359 e. The third-order valence-corrected chi connectivity index (χ3v) is 5.24. The number of alkyl halides is 3. The summed E-state index contributed by atoms with van der Waals surface area (Å²) in [6.07, 6.45) is -1.06. The Morgan fingerprint density at radius 1 is 1.07 bits per heavy atom. The van der Waals surface area contributed by atoms with E-state index in [1.807, 2.05) is 23.1 Å². The summed E-state index contributed by atoms with van der Waals surface area (Å²) in [5, 5.41) is 10.4. The molecule has 7 nitrogen and oxygen atoms in total. The molecule has 0 unspecified atom stereocenters. The van der Waals surface area contributed by atoms with Crippen LogP contribution in [0.4, 0.5) is 18.3 Å². The third kappa shape index (κ3) is 4.08. The standard InChI is InChI=1S/C16H15F3N6OS/c17-16(18,19)14-21-22-15(27-14)25-7-5-24(6-8-25)10-12-9-13(23-26-12)11-1-3-20-4-2-11/h1-4,9H,5-8,10H2. The first-order valence-electron chi connectivity index (χ1n) is 8.23. The highest BCUT2D eigenvalue weighted by Crippen LogP contribution is 2.34. The number of aromatic nitrogens is 4. The van der Waals surface area contributed by atoms with Crippen LogP contribution < -0.4 is 4.90 Å². The Morgan fingerprint density at radius 2 is 1.81 bits per heavy atom. The molecule has 1 fully saturated rings. The molecule has 0 bridgehead atoms. The van der Waals surface area contributed by atoms with Gasteiger partial charge < -0.3 is 9.42 Å². The molecule has 0 atom stereocenters. The molecule has 27 heavy (non-hydrogen) atoms. The molecule has 0 saturated carbocycles. The maximum Gasteiger partial charge on any atom is 0.445 e. The molecule has 0 aromatic carbocycles. The molecule has 4 rings (SSSR count). The van der Waals surface area contributed by atoms with Crippen LogP contribution in [0, 0.1) is 0 Å². The van der Waals surface area contributed by atoms with Gasteiger partial charge in [0.05, 0.1) is 6.54 Å². The summed E-state index contributed by atoms with van der Waals surface area (Å²) >= 11 is 0.579. The highest BCUT2D eigenvalue weighted by Gasteiger charge is 2.36. The van der Waals surface area contributed by atoms with Gasteiger partial charge in [0.15, 0.2) is 5.76 Å². The van der Waals surface area contributed by atoms with Gasteiger partial charge in [0.25, 0.3) is 0 Å². The Morgan fingerprint density at radius 3 is 2.48 bits per heavy atom. The third-order valence-electron chi connectivity index (χ3n) is 4.21. The van der Waals surface area contributed by atoms with Crippen molar-refractivity contribution in [3.63, 3.8) is 0 Å². The molecular formula is C16H15F3N6OS. The number of nitrogens with zero attached hydrogens (tertiary/aromatic N) is 6. The summed E-state index contributed by atoms with van der Waals surface area (Å²) in [6, 6.07) is 5.61. The monoisotopic (exact) mass is 396 g/mol. The van der Waals surface area contributed by atoms with Crippen molar-refractivity contribution in [1.82, 2.24) is 25.2 Å². The van der Waals surface area contributed by atoms with Crippen molar-refractivity contribution < 1.29 is 17.7 Å². The molecule has 3 aromatic rings. The molecule has 0 spiro atoms. The molecule has 1 aliphatic heterocycles. The van der Waals surface area contributed by atoms with E-state index in [1.54, 1.807) is 12.4 Å². The Hall–Kier alpha value is -2.53. The van der Waals surface area contributed by atoms with Crippen LogP contribution in [0.3, 0.4) is 0 Å². The van der Waals surface area contributed by atoms with Crippen LogP contribution in [0.1, 0.15) is 10.8 Å². The summed E-state index contributed by atoms with van der Waals surface area (Å²) in [7, 11) is 0. The number of hydrogen-bond donors (Lipinski definition) is 0. The van der Waals surface area contributed by atoms with Crippen molar-refractivity contribution in [3.05, 3.63) is 41.4 Å². The van der Waals surface area contributed by atoms with E-state index in [2.05, 4.69) is 25.2 Å². The van der Waals surface area contributed by atoms with Gasteiger partial charge in [-0.05, 0) is 12.1 Å². The lowest BCUT2D eigenvalue weighted by molar-refractivity contribution is -0.138. The molecule has 0 N–H and O–H groups in total. The molecule has 0 radical (unpaired) electrons. The number of anilines is 1. The minimum Gasteiger partial charge on any atom is -0.359 e. The van der Waals surface area contributed by atoms with Crippen LogP contribution in [0.2, 0.25) is 0 Å². The van der Waals surface area contributed by atoms with Crippen molar-refractivity contribution >= 4 is 16.5 Å². The molecule has 142 valence electrons. The Bertz CT molecular complexity index is 889. The number of rotatable bonds is 4. The van der Waals surface area contributed by atoms with E-state index in [-0.39, 0.29) is 0 Å². The normalized spacial score (nSPS) is 16.0. The predicted octanol–water partition coefficient (Wildman–Crippen LogP) is 2.93. The molecule has 1 aliphatic rings. The lowest BCUT2D eigenvalue weighted by Gasteiger charge is -2.33. The quantitative estimate of drug-likeness (QED) is 0.671. The van der Waals surface area contributed by atoms with E-state index < -0.39 is 11.2 Å². The van der Waals surface area contributed by atoms with Crippen LogP contribution in [0.25, 0.3) is 11.3 Å². The average Bonchev–Trinajstić information content (AvgIpc) is 3.33. The van der Waals surface area contributed by atoms with Crippen molar-refractivity contribution in [2.45, 2.75) is 12.7 Å². The summed E-state index contributed by atoms with van der Waals surface area (Å²) in [4.78, 5) is 7.97. The fourth-order valence-electron chi connectivity index (χ4n) is 2.82. The van der Waals surface area contributed by atoms with Crippen molar-refractivity contribution in [2.24, 2.45) is 0 Å².